The third kappa shape index (κ3) is 8.09. The average molecular weight is 673 g/mol. The molecule has 258 valence electrons. The molecule has 1 N–H and O–H groups in total. The van der Waals surface area contributed by atoms with Crippen molar-refractivity contribution < 1.29 is 33.1 Å². The molecule has 1 aromatic heterocycles. The molecule has 0 radical (unpaired) electrons. The van der Waals surface area contributed by atoms with Gasteiger partial charge in [-0.2, -0.15) is 5.10 Å². The van der Waals surface area contributed by atoms with Crippen molar-refractivity contribution >= 4 is 53.3 Å². The molecule has 3 saturated heterocycles. The fourth-order valence-electron chi connectivity index (χ4n) is 6.25. The maximum atomic E-state index is 12.8. The van der Waals surface area contributed by atoms with Gasteiger partial charge in [0.05, 0.1) is 35.1 Å². The van der Waals surface area contributed by atoms with E-state index in [1.54, 1.807) is 4.90 Å². The standard InChI is InChI=1S/C34H50BClN4O7/c1-31(2,3)45-30(42)39-17-13-16-34(8,22-39)38-29(41)44-19-11-9-14-23-25(36)20-26-24(21-37-40(26)27-15-10-12-18-43-27)28(23)35-46-32(4,5)33(6,7)47-35/h9,14,20-21,27H,10-13,15-19,22H2,1-8H3,(H,38,41). The molecule has 47 heavy (non-hydrogen) atoms. The highest BCUT2D eigenvalue weighted by Crippen LogP contribution is 2.39. The summed E-state index contributed by atoms with van der Waals surface area (Å²) in [6, 6.07) is 1.92. The van der Waals surface area contributed by atoms with Gasteiger partial charge in [0.1, 0.15) is 5.60 Å². The highest BCUT2D eigenvalue weighted by Gasteiger charge is 2.53. The first-order valence-electron chi connectivity index (χ1n) is 16.7. The molecule has 11 nitrogen and oxygen atoms in total. The number of benzene rings is 1. The Balaban J connectivity index is 1.27. The smallest absolute Gasteiger partial charge is 0.449 e. The molecule has 2 aromatic rings. The molecule has 4 heterocycles. The number of nitrogens with one attached hydrogen (secondary N) is 1. The number of ether oxygens (including phenoxy) is 3. The minimum Gasteiger partial charge on any atom is -0.449 e. The van der Waals surface area contributed by atoms with Crippen LogP contribution in [0.4, 0.5) is 9.59 Å². The van der Waals surface area contributed by atoms with Crippen molar-refractivity contribution in [1.82, 2.24) is 20.0 Å². The fourth-order valence-corrected chi connectivity index (χ4v) is 6.52. The minimum absolute atomic E-state index is 0.149. The van der Waals surface area contributed by atoms with Crippen LogP contribution in [0.25, 0.3) is 17.0 Å². The van der Waals surface area contributed by atoms with Crippen LogP contribution >= 0.6 is 11.6 Å². The molecular weight excluding hydrogens is 623 g/mol. The Morgan fingerprint density at radius 3 is 2.53 bits per heavy atom. The van der Waals surface area contributed by atoms with Crippen molar-refractivity contribution in [3.05, 3.63) is 28.9 Å². The number of hydrogen-bond acceptors (Lipinski definition) is 8. The molecule has 0 bridgehead atoms. The second-order valence-corrected chi connectivity index (χ2v) is 15.5. The van der Waals surface area contributed by atoms with Crippen molar-refractivity contribution in [2.45, 2.75) is 122 Å². The molecule has 3 fully saturated rings. The highest BCUT2D eigenvalue weighted by molar-refractivity contribution is 6.66. The van der Waals surface area contributed by atoms with E-state index >= 15 is 0 Å². The monoisotopic (exact) mass is 672 g/mol. The number of carbonyl (C=O) groups is 2. The van der Waals surface area contributed by atoms with Crippen molar-refractivity contribution in [2.24, 2.45) is 0 Å². The Kier molecular flexibility index (Phi) is 10.3. The maximum Gasteiger partial charge on any atom is 0.496 e. The number of rotatable bonds is 7. The summed E-state index contributed by atoms with van der Waals surface area (Å²) in [6.45, 7) is 17.3. The zero-order chi connectivity index (χ0) is 34.2. The van der Waals surface area contributed by atoms with E-state index in [0.29, 0.717) is 31.1 Å². The number of nitrogens with zero attached hydrogens (tertiary/aromatic N) is 3. The first-order chi connectivity index (χ1) is 22.0. The van der Waals surface area contributed by atoms with Gasteiger partial charge < -0.3 is 33.7 Å². The zero-order valence-electron chi connectivity index (χ0n) is 29.1. The summed E-state index contributed by atoms with van der Waals surface area (Å²) in [4.78, 5) is 27.0. The molecule has 0 saturated carbocycles. The normalized spacial score (nSPS) is 24.6. The molecule has 5 rings (SSSR count). The van der Waals surface area contributed by atoms with E-state index < -0.39 is 35.6 Å². The summed E-state index contributed by atoms with van der Waals surface area (Å²) in [5.41, 5.74) is 0.149. The Bertz CT molecular complexity index is 1480. The summed E-state index contributed by atoms with van der Waals surface area (Å²) in [5, 5.41) is 9.11. The predicted octanol–water partition coefficient (Wildman–Crippen LogP) is 6.61. The lowest BCUT2D eigenvalue weighted by molar-refractivity contribution is -0.0366. The Morgan fingerprint density at radius 2 is 1.87 bits per heavy atom. The summed E-state index contributed by atoms with van der Waals surface area (Å²) < 4.78 is 32.0. The van der Waals surface area contributed by atoms with Crippen LogP contribution in [0.1, 0.15) is 106 Å². The average Bonchev–Trinajstić information content (AvgIpc) is 3.48. The van der Waals surface area contributed by atoms with Crippen molar-refractivity contribution in [2.75, 3.05) is 26.3 Å². The number of hydrogen-bond donors (Lipinski definition) is 1. The second kappa shape index (κ2) is 13.6. The number of halogens is 1. The number of aromatic nitrogens is 2. The van der Waals surface area contributed by atoms with E-state index in [1.165, 1.54) is 0 Å². The van der Waals surface area contributed by atoms with Crippen molar-refractivity contribution in [3.8, 4) is 0 Å². The second-order valence-electron chi connectivity index (χ2n) is 15.1. The Labute approximate surface area is 283 Å². The number of alkyl carbamates (subject to hydrolysis) is 1. The van der Waals surface area contributed by atoms with Gasteiger partial charge in [-0.1, -0.05) is 23.8 Å². The number of piperidine rings is 1. The van der Waals surface area contributed by atoms with Gasteiger partial charge in [-0.3, -0.25) is 0 Å². The summed E-state index contributed by atoms with van der Waals surface area (Å²) in [5.74, 6) is 0. The van der Waals surface area contributed by atoms with Gasteiger partial charge in [0.25, 0.3) is 0 Å². The Morgan fingerprint density at radius 1 is 1.15 bits per heavy atom. The third-order valence-corrected chi connectivity index (χ3v) is 9.72. The summed E-state index contributed by atoms with van der Waals surface area (Å²) in [6.07, 6.45) is 9.59. The molecule has 0 aliphatic carbocycles. The number of fused-ring (bicyclic) bond motifs is 1. The van der Waals surface area contributed by atoms with Gasteiger partial charge in [0, 0.05) is 35.6 Å². The van der Waals surface area contributed by atoms with Gasteiger partial charge in [-0.05, 0) is 106 Å². The Hall–Kier alpha value is -2.80. The van der Waals surface area contributed by atoms with Gasteiger partial charge in [0.15, 0.2) is 6.23 Å². The van der Waals surface area contributed by atoms with Gasteiger partial charge in [0.2, 0.25) is 0 Å². The predicted molar refractivity (Wildman–Crippen MR) is 183 cm³/mol. The van der Waals surface area contributed by atoms with Crippen LogP contribution < -0.4 is 10.8 Å². The van der Waals surface area contributed by atoms with Gasteiger partial charge in [-0.25, -0.2) is 14.3 Å². The van der Waals surface area contributed by atoms with Gasteiger partial charge in [-0.15, -0.1) is 0 Å². The molecule has 0 spiro atoms. The molecule has 3 aliphatic heterocycles. The summed E-state index contributed by atoms with van der Waals surface area (Å²) in [7, 11) is -0.663. The van der Waals surface area contributed by atoms with E-state index in [2.05, 4.69) is 5.32 Å². The largest absolute Gasteiger partial charge is 0.496 e. The van der Waals surface area contributed by atoms with Crippen molar-refractivity contribution in [3.63, 3.8) is 0 Å². The van der Waals surface area contributed by atoms with E-state index in [-0.39, 0.29) is 18.9 Å². The van der Waals surface area contributed by atoms with Crippen LogP contribution in [0.5, 0.6) is 0 Å². The SMILES string of the molecule is CC1(NC(=O)OCCC=Cc2c(Cl)cc3c(cnn3C3CCCCO3)c2B2OC(C)(C)C(C)(C)O2)CCCN(C(=O)OC(C)(C)C)C1. The molecule has 13 heteroatoms. The third-order valence-electron chi connectivity index (χ3n) is 9.41. The van der Waals surface area contributed by atoms with Crippen molar-refractivity contribution in [1.29, 1.82) is 0 Å². The number of carbonyl (C=O) groups excluding carboxylic acids is 2. The van der Waals surface area contributed by atoms with Crippen LogP contribution in [-0.2, 0) is 23.5 Å². The fraction of sp³-hybridized carbons (Fsp3) is 0.676. The first-order valence-corrected chi connectivity index (χ1v) is 17.1. The highest BCUT2D eigenvalue weighted by atomic mass is 35.5. The molecule has 3 aliphatic rings. The topological polar surface area (TPSA) is 113 Å². The molecule has 2 atom stereocenters. The van der Waals surface area contributed by atoms with Gasteiger partial charge >= 0.3 is 19.3 Å². The van der Waals surface area contributed by atoms with Crippen LogP contribution in [0.2, 0.25) is 5.02 Å². The minimum atomic E-state index is -0.663. The number of likely N-dealkylation sites (tertiary alicyclic amines) is 1. The zero-order valence-corrected chi connectivity index (χ0v) is 29.9. The van der Waals surface area contributed by atoms with E-state index in [9.17, 15) is 9.59 Å². The summed E-state index contributed by atoms with van der Waals surface area (Å²) >= 11 is 6.98. The molecule has 1 aromatic carbocycles. The lowest BCUT2D eigenvalue weighted by Crippen LogP contribution is -2.58. The van der Waals surface area contributed by atoms with E-state index in [1.807, 2.05) is 84.5 Å². The molecule has 2 amide bonds. The maximum absolute atomic E-state index is 12.8. The first kappa shape index (κ1) is 35.5. The number of amides is 2. The quantitative estimate of drug-likeness (QED) is 0.258. The van der Waals surface area contributed by atoms with Crippen LogP contribution in [0.15, 0.2) is 18.3 Å². The van der Waals surface area contributed by atoms with Crippen LogP contribution in [0.3, 0.4) is 0 Å². The lowest BCUT2D eigenvalue weighted by atomic mass is 9.73. The van der Waals surface area contributed by atoms with E-state index in [4.69, 9.17) is 40.2 Å². The lowest BCUT2D eigenvalue weighted by Gasteiger charge is -2.40. The molecule has 2 unspecified atom stereocenters. The molecular formula is C34H50BClN4O7. The van der Waals surface area contributed by atoms with Crippen LogP contribution in [-0.4, -0.2) is 82.6 Å². The van der Waals surface area contributed by atoms with Crippen LogP contribution in [0, 0.1) is 0 Å². The van der Waals surface area contributed by atoms with E-state index in [0.717, 1.165) is 54.0 Å².